The molecule has 1 fully saturated rings. The van der Waals surface area contributed by atoms with E-state index in [2.05, 4.69) is 18.8 Å². The van der Waals surface area contributed by atoms with Crippen LogP contribution >= 0.6 is 0 Å². The van der Waals surface area contributed by atoms with Crippen LogP contribution in [0.4, 0.5) is 13.2 Å². The van der Waals surface area contributed by atoms with Crippen LogP contribution in [0.15, 0.2) is 18.2 Å². The quantitative estimate of drug-likeness (QED) is 0.420. The molecule has 0 aliphatic heterocycles. The lowest BCUT2D eigenvalue weighted by Crippen LogP contribution is -2.15. The van der Waals surface area contributed by atoms with E-state index in [1.807, 2.05) is 19.1 Å². The summed E-state index contributed by atoms with van der Waals surface area (Å²) in [4.78, 5) is 0. The molecule has 2 aromatic carbocycles. The van der Waals surface area contributed by atoms with E-state index in [1.54, 1.807) is 6.07 Å². The minimum atomic E-state index is -0.978. The van der Waals surface area contributed by atoms with Crippen molar-refractivity contribution in [3.05, 3.63) is 46.8 Å². The first kappa shape index (κ1) is 18.2. The molecule has 2 aromatic rings. The zero-order chi connectivity index (χ0) is 19.1. The summed E-state index contributed by atoms with van der Waals surface area (Å²) in [6.45, 7) is 4.20. The summed E-state index contributed by atoms with van der Waals surface area (Å²) in [7, 11) is 0. The molecule has 0 amide bonds. The van der Waals surface area contributed by atoms with E-state index in [4.69, 9.17) is 0 Å². The van der Waals surface area contributed by atoms with Gasteiger partial charge in [-0.3, -0.25) is 0 Å². The smallest absolute Gasteiger partial charge is 0.175 e. The Morgan fingerprint density at radius 3 is 2.33 bits per heavy atom. The van der Waals surface area contributed by atoms with Gasteiger partial charge in [-0.05, 0) is 53.9 Å². The number of benzene rings is 2. The molecule has 0 atom stereocenters. The van der Waals surface area contributed by atoms with Crippen molar-refractivity contribution in [2.24, 2.45) is 5.92 Å². The van der Waals surface area contributed by atoms with Gasteiger partial charge in [0, 0.05) is 17.5 Å². The van der Waals surface area contributed by atoms with Crippen LogP contribution in [0.5, 0.6) is 0 Å². The van der Waals surface area contributed by atoms with Crippen molar-refractivity contribution in [2.75, 3.05) is 0 Å². The molecule has 0 saturated heterocycles. The summed E-state index contributed by atoms with van der Waals surface area (Å²) in [6, 6.07) is 5.25. The van der Waals surface area contributed by atoms with Gasteiger partial charge in [-0.1, -0.05) is 50.7 Å². The van der Waals surface area contributed by atoms with E-state index in [-0.39, 0.29) is 28.4 Å². The molecule has 0 aromatic heterocycles. The predicted molar refractivity (Wildman–Crippen MR) is 103 cm³/mol. The number of fused-ring (bicyclic) bond motifs is 4. The van der Waals surface area contributed by atoms with Crippen LogP contribution in [-0.4, -0.2) is 0 Å². The van der Waals surface area contributed by atoms with E-state index in [1.165, 1.54) is 0 Å². The monoisotopic (exact) mass is 368 g/mol. The second-order valence-corrected chi connectivity index (χ2v) is 7.87. The van der Waals surface area contributed by atoms with E-state index in [0.717, 1.165) is 32.1 Å². The van der Waals surface area contributed by atoms with Crippen LogP contribution in [0.3, 0.4) is 0 Å². The molecule has 0 bridgehead atoms. The SMILES string of the molecule is CCCC#Cc1cc2c(c(F)c1F)-c1c-2ccc(C2CCC(C)CC2)c1F. The third kappa shape index (κ3) is 2.96. The molecule has 0 nitrogen and oxygen atoms in total. The Morgan fingerprint density at radius 1 is 0.926 bits per heavy atom. The molecule has 0 unspecified atom stereocenters. The number of halogens is 3. The van der Waals surface area contributed by atoms with Gasteiger partial charge in [-0.25, -0.2) is 13.2 Å². The molecule has 4 rings (SSSR count). The summed E-state index contributed by atoms with van der Waals surface area (Å²) >= 11 is 0. The van der Waals surface area contributed by atoms with Crippen LogP contribution in [-0.2, 0) is 0 Å². The fourth-order valence-electron chi connectivity index (χ4n) is 4.34. The van der Waals surface area contributed by atoms with Crippen molar-refractivity contribution in [3.63, 3.8) is 0 Å². The van der Waals surface area contributed by atoms with E-state index in [0.29, 0.717) is 29.0 Å². The van der Waals surface area contributed by atoms with Crippen molar-refractivity contribution in [2.45, 2.75) is 58.3 Å². The molecule has 0 heterocycles. The van der Waals surface area contributed by atoms with Gasteiger partial charge >= 0.3 is 0 Å². The van der Waals surface area contributed by atoms with Crippen LogP contribution in [0.1, 0.15) is 69.4 Å². The summed E-state index contributed by atoms with van der Waals surface area (Å²) in [5, 5.41) is 0. The van der Waals surface area contributed by atoms with Crippen LogP contribution < -0.4 is 0 Å². The summed E-state index contributed by atoms with van der Waals surface area (Å²) in [6.07, 6.45) is 5.56. The summed E-state index contributed by atoms with van der Waals surface area (Å²) < 4.78 is 44.3. The minimum absolute atomic E-state index is 0.0519. The highest BCUT2D eigenvalue weighted by molar-refractivity contribution is 6.03. The average molecular weight is 368 g/mol. The van der Waals surface area contributed by atoms with Crippen LogP contribution in [0.2, 0.25) is 0 Å². The number of hydrogen-bond acceptors (Lipinski definition) is 0. The highest BCUT2D eigenvalue weighted by Crippen LogP contribution is 2.53. The van der Waals surface area contributed by atoms with Crippen molar-refractivity contribution >= 4 is 0 Å². The average Bonchev–Trinajstić information content (AvgIpc) is 2.65. The molecule has 0 radical (unpaired) electrons. The third-order valence-corrected chi connectivity index (χ3v) is 5.97. The molecule has 0 spiro atoms. The highest BCUT2D eigenvalue weighted by atomic mass is 19.2. The maximum absolute atomic E-state index is 15.2. The maximum atomic E-state index is 15.2. The highest BCUT2D eigenvalue weighted by Gasteiger charge is 2.35. The Morgan fingerprint density at radius 2 is 1.63 bits per heavy atom. The first-order valence-corrected chi connectivity index (χ1v) is 9.86. The number of hydrogen-bond donors (Lipinski definition) is 0. The van der Waals surface area contributed by atoms with Gasteiger partial charge in [0.15, 0.2) is 11.6 Å². The predicted octanol–water partition coefficient (Wildman–Crippen LogP) is 7.20. The third-order valence-electron chi connectivity index (χ3n) is 5.97. The van der Waals surface area contributed by atoms with Crippen molar-refractivity contribution in [3.8, 4) is 34.1 Å². The molecule has 0 N–H and O–H groups in total. The number of rotatable bonds is 2. The van der Waals surface area contributed by atoms with Gasteiger partial charge in [0.2, 0.25) is 0 Å². The van der Waals surface area contributed by atoms with Crippen LogP contribution in [0.25, 0.3) is 22.3 Å². The van der Waals surface area contributed by atoms with Gasteiger partial charge < -0.3 is 0 Å². The Kier molecular flexibility index (Phi) is 4.76. The second-order valence-electron chi connectivity index (χ2n) is 7.87. The lowest BCUT2D eigenvalue weighted by molar-refractivity contribution is 0.342. The maximum Gasteiger partial charge on any atom is 0.175 e. The normalized spacial score (nSPS) is 20.2. The Bertz CT molecular complexity index is 954. The molecule has 27 heavy (non-hydrogen) atoms. The zero-order valence-electron chi connectivity index (χ0n) is 15.8. The molecular formula is C24H23F3. The van der Waals surface area contributed by atoms with Crippen molar-refractivity contribution in [1.29, 1.82) is 0 Å². The molecular weight excluding hydrogens is 345 g/mol. The fraction of sp³-hybridized carbons (Fsp3) is 0.417. The van der Waals surface area contributed by atoms with E-state index >= 15 is 4.39 Å². The number of unbranched alkanes of at least 4 members (excludes halogenated alkanes) is 1. The minimum Gasteiger partial charge on any atom is -0.206 e. The van der Waals surface area contributed by atoms with Gasteiger partial charge in [0.1, 0.15) is 5.82 Å². The molecule has 140 valence electrons. The van der Waals surface area contributed by atoms with Crippen molar-refractivity contribution in [1.82, 2.24) is 0 Å². The van der Waals surface area contributed by atoms with E-state index in [9.17, 15) is 8.78 Å². The van der Waals surface area contributed by atoms with Gasteiger partial charge in [-0.15, -0.1) is 0 Å². The lowest BCUT2D eigenvalue weighted by Gasteiger charge is -2.31. The van der Waals surface area contributed by atoms with E-state index < -0.39 is 11.6 Å². The Hall–Kier alpha value is -2.21. The van der Waals surface area contributed by atoms with Crippen molar-refractivity contribution < 1.29 is 13.2 Å². The first-order valence-electron chi connectivity index (χ1n) is 9.86. The summed E-state index contributed by atoms with van der Waals surface area (Å²) in [5.74, 6) is 4.08. The first-order chi connectivity index (χ1) is 13.0. The zero-order valence-corrected chi connectivity index (χ0v) is 15.8. The molecule has 3 heteroatoms. The molecule has 1 saturated carbocycles. The lowest BCUT2D eigenvalue weighted by atomic mass is 9.74. The second kappa shape index (κ2) is 7.08. The summed E-state index contributed by atoms with van der Waals surface area (Å²) in [5.41, 5.74) is 2.24. The topological polar surface area (TPSA) is 0 Å². The van der Waals surface area contributed by atoms with Crippen LogP contribution in [0, 0.1) is 35.2 Å². The standard InChI is InChI=1S/C24H23F3/c1-3-4-5-6-16-13-19-18-12-11-17(15-9-7-14(2)8-10-15)23(26)20(18)21(19)24(27)22(16)25/h11-15H,3-4,7-10H2,1-2H3. The van der Waals surface area contributed by atoms with Gasteiger partial charge in [0.25, 0.3) is 0 Å². The Labute approximate surface area is 158 Å². The molecule has 2 aliphatic rings. The van der Waals surface area contributed by atoms with Gasteiger partial charge in [-0.2, -0.15) is 0 Å². The van der Waals surface area contributed by atoms with Gasteiger partial charge in [0.05, 0.1) is 5.56 Å². The Balaban J connectivity index is 1.73. The molecule has 2 aliphatic carbocycles. The largest absolute Gasteiger partial charge is 0.206 e. The fourth-order valence-corrected chi connectivity index (χ4v) is 4.34.